The second-order valence-electron chi connectivity index (χ2n) is 9.62. The normalized spacial score (nSPS) is 11.9. The molecule has 4 rings (SSSR count). The molecule has 0 spiro atoms. The lowest BCUT2D eigenvalue weighted by Gasteiger charge is -2.18. The number of nitrogens with zero attached hydrogens (tertiary/aromatic N) is 3. The predicted octanol–water partition coefficient (Wildman–Crippen LogP) is 5.34. The Bertz CT molecular complexity index is 1600. The SMILES string of the molecule is C=C(C(=O)Nc1cnn(C(C)(C)C)c1)c1ccc(Oc2ccnc3ccc(S(C)(=O)=O)cc23)c(C)c1. The van der Waals surface area contributed by atoms with Crippen molar-refractivity contribution in [2.24, 2.45) is 0 Å². The Balaban J connectivity index is 1.55. The van der Waals surface area contributed by atoms with Crippen LogP contribution in [0.2, 0.25) is 0 Å². The Morgan fingerprint density at radius 1 is 1.08 bits per heavy atom. The predicted molar refractivity (Wildman–Crippen MR) is 141 cm³/mol. The molecule has 1 amide bonds. The maximum Gasteiger partial charge on any atom is 0.255 e. The van der Waals surface area contributed by atoms with Crippen LogP contribution in [0.5, 0.6) is 11.5 Å². The summed E-state index contributed by atoms with van der Waals surface area (Å²) in [6.45, 7) is 11.9. The summed E-state index contributed by atoms with van der Waals surface area (Å²) in [7, 11) is -3.38. The monoisotopic (exact) mass is 504 g/mol. The fourth-order valence-corrected chi connectivity index (χ4v) is 4.23. The summed E-state index contributed by atoms with van der Waals surface area (Å²) in [6, 6.07) is 11.8. The van der Waals surface area contributed by atoms with E-state index in [0.29, 0.717) is 39.2 Å². The van der Waals surface area contributed by atoms with Crippen molar-refractivity contribution in [2.75, 3.05) is 11.6 Å². The summed E-state index contributed by atoms with van der Waals surface area (Å²) in [6.07, 6.45) is 6.15. The van der Waals surface area contributed by atoms with E-state index in [1.54, 1.807) is 53.6 Å². The van der Waals surface area contributed by atoms with Crippen LogP contribution in [0.1, 0.15) is 31.9 Å². The van der Waals surface area contributed by atoms with Gasteiger partial charge in [0.25, 0.3) is 5.91 Å². The van der Waals surface area contributed by atoms with E-state index in [4.69, 9.17) is 4.74 Å². The van der Waals surface area contributed by atoms with Crippen molar-refractivity contribution in [3.8, 4) is 11.5 Å². The van der Waals surface area contributed by atoms with Crippen LogP contribution in [0, 0.1) is 6.92 Å². The molecule has 9 heteroatoms. The fourth-order valence-electron chi connectivity index (χ4n) is 3.58. The van der Waals surface area contributed by atoms with Gasteiger partial charge in [0, 0.05) is 29.6 Å². The first-order valence-corrected chi connectivity index (χ1v) is 13.2. The Morgan fingerprint density at radius 3 is 2.47 bits per heavy atom. The summed E-state index contributed by atoms with van der Waals surface area (Å²) < 4.78 is 31.9. The molecule has 0 saturated carbocycles. The lowest BCUT2D eigenvalue weighted by atomic mass is 10.0. The van der Waals surface area contributed by atoms with E-state index >= 15 is 0 Å². The molecule has 1 N–H and O–H groups in total. The number of hydrogen-bond acceptors (Lipinski definition) is 6. The highest BCUT2D eigenvalue weighted by atomic mass is 32.2. The van der Waals surface area contributed by atoms with Crippen molar-refractivity contribution < 1.29 is 17.9 Å². The Kier molecular flexibility index (Phi) is 6.44. The number of nitrogens with one attached hydrogen (secondary N) is 1. The fraction of sp³-hybridized carbons (Fsp3) is 0.222. The quantitative estimate of drug-likeness (QED) is 0.356. The van der Waals surface area contributed by atoms with Crippen LogP contribution in [0.25, 0.3) is 16.5 Å². The highest BCUT2D eigenvalue weighted by Crippen LogP contribution is 2.33. The van der Waals surface area contributed by atoms with Crippen LogP contribution >= 0.6 is 0 Å². The maximum absolute atomic E-state index is 12.8. The molecular weight excluding hydrogens is 476 g/mol. The third-order valence-corrected chi connectivity index (χ3v) is 6.76. The molecule has 2 aromatic heterocycles. The number of amides is 1. The number of hydrogen-bond donors (Lipinski definition) is 1. The van der Waals surface area contributed by atoms with Crippen molar-refractivity contribution in [1.29, 1.82) is 0 Å². The van der Waals surface area contributed by atoms with Crippen LogP contribution in [0.3, 0.4) is 0 Å². The molecule has 2 heterocycles. The van der Waals surface area contributed by atoms with Crippen LogP contribution in [0.15, 0.2) is 72.5 Å². The minimum atomic E-state index is -3.38. The Hall–Kier alpha value is -3.98. The third kappa shape index (κ3) is 5.31. The Labute approximate surface area is 210 Å². The van der Waals surface area contributed by atoms with Gasteiger partial charge in [-0.3, -0.25) is 14.5 Å². The molecule has 0 radical (unpaired) electrons. The van der Waals surface area contributed by atoms with Crippen LogP contribution in [-0.4, -0.2) is 35.3 Å². The molecule has 4 aromatic rings. The topological polar surface area (TPSA) is 103 Å². The van der Waals surface area contributed by atoms with E-state index < -0.39 is 9.84 Å². The van der Waals surface area contributed by atoms with Gasteiger partial charge in [-0.05, 0) is 75.2 Å². The van der Waals surface area contributed by atoms with Gasteiger partial charge in [-0.2, -0.15) is 5.10 Å². The van der Waals surface area contributed by atoms with Gasteiger partial charge in [0.15, 0.2) is 9.84 Å². The molecule has 0 aliphatic carbocycles. The standard InChI is InChI=1S/C27H28N4O4S/c1-17-13-19(18(2)26(32)30-20-15-29-31(16-20)27(3,4)5)7-10-24(17)35-25-11-12-28-23-9-8-21(14-22(23)25)36(6,33)34/h7-16H,2H2,1,3-6H3,(H,30,32). The molecule has 2 aromatic carbocycles. The average Bonchev–Trinajstić information content (AvgIpc) is 3.28. The highest BCUT2D eigenvalue weighted by molar-refractivity contribution is 7.90. The van der Waals surface area contributed by atoms with E-state index in [1.165, 1.54) is 6.07 Å². The molecule has 8 nitrogen and oxygen atoms in total. The molecule has 0 aliphatic rings. The lowest BCUT2D eigenvalue weighted by Crippen LogP contribution is -2.22. The number of pyridine rings is 1. The van der Waals surface area contributed by atoms with Crippen molar-refractivity contribution >= 4 is 37.9 Å². The zero-order valence-electron chi connectivity index (χ0n) is 20.9. The second kappa shape index (κ2) is 9.23. The number of aromatic nitrogens is 3. The van der Waals surface area contributed by atoms with Gasteiger partial charge >= 0.3 is 0 Å². The van der Waals surface area contributed by atoms with E-state index in [1.807, 2.05) is 33.8 Å². The zero-order chi connectivity index (χ0) is 26.3. The largest absolute Gasteiger partial charge is 0.456 e. The first-order valence-electron chi connectivity index (χ1n) is 11.3. The minimum absolute atomic E-state index is 0.190. The summed E-state index contributed by atoms with van der Waals surface area (Å²) >= 11 is 0. The molecular formula is C27H28N4O4S. The van der Waals surface area contributed by atoms with Gasteiger partial charge in [-0.1, -0.05) is 12.6 Å². The van der Waals surface area contributed by atoms with Gasteiger partial charge in [-0.25, -0.2) is 8.42 Å². The van der Waals surface area contributed by atoms with Crippen molar-refractivity contribution in [2.45, 2.75) is 38.1 Å². The van der Waals surface area contributed by atoms with E-state index in [-0.39, 0.29) is 16.3 Å². The molecule has 186 valence electrons. The van der Waals surface area contributed by atoms with Crippen molar-refractivity contribution in [1.82, 2.24) is 14.8 Å². The molecule has 0 unspecified atom stereocenters. The second-order valence-corrected chi connectivity index (χ2v) is 11.6. The van der Waals surface area contributed by atoms with Crippen molar-refractivity contribution in [3.05, 3.63) is 78.8 Å². The van der Waals surface area contributed by atoms with Crippen LogP contribution in [-0.2, 0) is 20.2 Å². The summed E-state index contributed by atoms with van der Waals surface area (Å²) in [5, 5.41) is 7.72. The van der Waals surface area contributed by atoms with E-state index in [9.17, 15) is 13.2 Å². The number of ether oxygens (including phenoxy) is 1. The van der Waals surface area contributed by atoms with Crippen LogP contribution in [0.4, 0.5) is 5.69 Å². The van der Waals surface area contributed by atoms with E-state index in [0.717, 1.165) is 11.8 Å². The molecule has 36 heavy (non-hydrogen) atoms. The number of rotatable bonds is 6. The van der Waals surface area contributed by atoms with Gasteiger partial charge in [0.2, 0.25) is 0 Å². The number of carbonyl (C=O) groups is 1. The number of anilines is 1. The number of sulfone groups is 1. The summed E-state index contributed by atoms with van der Waals surface area (Å²) in [5.41, 5.74) is 2.75. The molecule has 0 aliphatic heterocycles. The van der Waals surface area contributed by atoms with Gasteiger partial charge in [0.1, 0.15) is 11.5 Å². The number of benzene rings is 2. The molecule has 0 bridgehead atoms. The molecule has 0 fully saturated rings. The number of aryl methyl sites for hydroxylation is 1. The van der Waals surface area contributed by atoms with Gasteiger partial charge in [0.05, 0.1) is 27.8 Å². The number of fused-ring (bicyclic) bond motifs is 1. The summed E-state index contributed by atoms with van der Waals surface area (Å²) in [4.78, 5) is 17.3. The third-order valence-electron chi connectivity index (χ3n) is 5.65. The smallest absolute Gasteiger partial charge is 0.255 e. The first-order chi connectivity index (χ1) is 16.8. The zero-order valence-corrected chi connectivity index (χ0v) is 21.7. The van der Waals surface area contributed by atoms with Gasteiger partial charge in [-0.15, -0.1) is 0 Å². The highest BCUT2D eigenvalue weighted by Gasteiger charge is 2.17. The van der Waals surface area contributed by atoms with Gasteiger partial charge < -0.3 is 10.1 Å². The summed E-state index contributed by atoms with van der Waals surface area (Å²) in [5.74, 6) is 0.717. The first kappa shape index (κ1) is 25.1. The van der Waals surface area contributed by atoms with E-state index in [2.05, 4.69) is 22.0 Å². The molecule has 0 saturated heterocycles. The Morgan fingerprint density at radius 2 is 1.83 bits per heavy atom. The minimum Gasteiger partial charge on any atom is -0.456 e. The van der Waals surface area contributed by atoms with Crippen molar-refractivity contribution in [3.63, 3.8) is 0 Å². The molecule has 0 atom stereocenters. The van der Waals surface area contributed by atoms with Crippen LogP contribution < -0.4 is 10.1 Å². The lowest BCUT2D eigenvalue weighted by molar-refractivity contribution is -0.111. The maximum atomic E-state index is 12.8. The number of carbonyl (C=O) groups excluding carboxylic acids is 1. The average molecular weight is 505 g/mol.